The third-order valence-corrected chi connectivity index (χ3v) is 3.95. The van der Waals surface area contributed by atoms with Gasteiger partial charge in [-0.2, -0.15) is 0 Å². The zero-order valence-corrected chi connectivity index (χ0v) is 12.1. The van der Waals surface area contributed by atoms with E-state index in [2.05, 4.69) is 5.32 Å². The first kappa shape index (κ1) is 14.7. The van der Waals surface area contributed by atoms with Crippen LogP contribution in [0.2, 0.25) is 0 Å². The van der Waals surface area contributed by atoms with Gasteiger partial charge in [0.05, 0.1) is 12.0 Å². The molecule has 2 aromatic rings. The molecule has 20 heavy (non-hydrogen) atoms. The number of hydrogen-bond acceptors (Lipinski definition) is 3. The van der Waals surface area contributed by atoms with Crippen molar-refractivity contribution in [3.05, 3.63) is 53.6 Å². The van der Waals surface area contributed by atoms with Gasteiger partial charge in [0.15, 0.2) is 0 Å². The maximum Gasteiger partial charge on any atom is 0.132 e. The highest BCUT2D eigenvalue weighted by molar-refractivity contribution is 7.98. The number of anilines is 1. The van der Waals surface area contributed by atoms with Gasteiger partial charge in [0.1, 0.15) is 17.4 Å². The van der Waals surface area contributed by atoms with Crippen LogP contribution >= 0.6 is 11.8 Å². The molecule has 0 aliphatic rings. The van der Waals surface area contributed by atoms with E-state index in [0.717, 1.165) is 5.69 Å². The van der Waals surface area contributed by atoms with Crippen molar-refractivity contribution in [2.45, 2.75) is 10.6 Å². The molecule has 2 aromatic carbocycles. The summed E-state index contributed by atoms with van der Waals surface area (Å²) in [5.41, 5.74) is 1.29. The third kappa shape index (κ3) is 3.22. The van der Waals surface area contributed by atoms with Crippen molar-refractivity contribution in [3.63, 3.8) is 0 Å². The zero-order chi connectivity index (χ0) is 14.5. The Morgan fingerprint density at radius 3 is 2.70 bits per heavy atom. The zero-order valence-electron chi connectivity index (χ0n) is 11.2. The smallest absolute Gasteiger partial charge is 0.132 e. The summed E-state index contributed by atoms with van der Waals surface area (Å²) in [6.45, 7) is 0. The first-order valence-electron chi connectivity index (χ1n) is 6.07. The Balaban J connectivity index is 2.23. The Morgan fingerprint density at radius 1 is 1.20 bits per heavy atom. The van der Waals surface area contributed by atoms with Crippen LogP contribution in [0.25, 0.3) is 0 Å². The van der Waals surface area contributed by atoms with Gasteiger partial charge in [-0.1, -0.05) is 6.07 Å². The minimum Gasteiger partial charge on any atom is -0.496 e. The summed E-state index contributed by atoms with van der Waals surface area (Å²) in [5, 5.41) is 2.95. The molecule has 0 heterocycles. The SMILES string of the molecule is CNc1cccc(F)c1CSc1cc(F)ccc1OC. The molecule has 2 nitrogen and oxygen atoms in total. The predicted octanol–water partition coefficient (Wildman–Crippen LogP) is 4.31. The molecule has 0 aliphatic carbocycles. The fourth-order valence-electron chi connectivity index (χ4n) is 1.85. The monoisotopic (exact) mass is 295 g/mol. The molecule has 0 fully saturated rings. The predicted molar refractivity (Wildman–Crippen MR) is 78.5 cm³/mol. The summed E-state index contributed by atoms with van der Waals surface area (Å²) in [6, 6.07) is 9.17. The van der Waals surface area contributed by atoms with Crippen molar-refractivity contribution in [1.29, 1.82) is 0 Å². The van der Waals surface area contributed by atoms with Crippen molar-refractivity contribution < 1.29 is 13.5 Å². The highest BCUT2D eigenvalue weighted by Crippen LogP contribution is 2.34. The summed E-state index contributed by atoms with van der Waals surface area (Å²) in [6.07, 6.45) is 0. The molecule has 0 saturated carbocycles. The highest BCUT2D eigenvalue weighted by atomic mass is 32.2. The van der Waals surface area contributed by atoms with Gasteiger partial charge in [-0.05, 0) is 30.3 Å². The summed E-state index contributed by atoms with van der Waals surface area (Å²) >= 11 is 1.34. The summed E-state index contributed by atoms with van der Waals surface area (Å²) < 4.78 is 32.3. The molecular formula is C15H15F2NOS. The van der Waals surface area contributed by atoms with Crippen molar-refractivity contribution in [2.24, 2.45) is 0 Å². The number of halogens is 2. The lowest BCUT2D eigenvalue weighted by Gasteiger charge is -2.11. The van der Waals surface area contributed by atoms with Crippen LogP contribution in [0.15, 0.2) is 41.3 Å². The fraction of sp³-hybridized carbons (Fsp3) is 0.200. The Hall–Kier alpha value is -1.75. The Labute approximate surface area is 121 Å². The molecule has 1 N–H and O–H groups in total. The van der Waals surface area contributed by atoms with Crippen LogP contribution in [0.1, 0.15) is 5.56 Å². The lowest BCUT2D eigenvalue weighted by atomic mass is 10.2. The summed E-state index contributed by atoms with van der Waals surface area (Å²) in [4.78, 5) is 0.651. The van der Waals surface area contributed by atoms with E-state index in [0.29, 0.717) is 22.0 Å². The van der Waals surface area contributed by atoms with E-state index in [1.807, 2.05) is 6.07 Å². The maximum absolute atomic E-state index is 13.8. The van der Waals surface area contributed by atoms with E-state index in [1.165, 1.54) is 37.1 Å². The van der Waals surface area contributed by atoms with Gasteiger partial charge in [-0.3, -0.25) is 0 Å². The van der Waals surface area contributed by atoms with Gasteiger partial charge < -0.3 is 10.1 Å². The highest BCUT2D eigenvalue weighted by Gasteiger charge is 2.11. The van der Waals surface area contributed by atoms with Crippen LogP contribution < -0.4 is 10.1 Å². The average Bonchev–Trinajstić information content (AvgIpc) is 2.46. The van der Waals surface area contributed by atoms with Gasteiger partial charge >= 0.3 is 0 Å². The van der Waals surface area contributed by atoms with Crippen molar-refractivity contribution >= 4 is 17.4 Å². The second kappa shape index (κ2) is 6.61. The van der Waals surface area contributed by atoms with E-state index in [4.69, 9.17) is 4.74 Å². The van der Waals surface area contributed by atoms with Gasteiger partial charge in [0.2, 0.25) is 0 Å². The van der Waals surface area contributed by atoms with Gasteiger partial charge in [-0.15, -0.1) is 11.8 Å². The van der Waals surface area contributed by atoms with Crippen LogP contribution in [0.5, 0.6) is 5.75 Å². The molecule has 0 unspecified atom stereocenters. The van der Waals surface area contributed by atoms with Crippen LogP contribution in [0.4, 0.5) is 14.5 Å². The second-order valence-electron chi connectivity index (χ2n) is 4.10. The molecule has 0 saturated heterocycles. The number of ether oxygens (including phenoxy) is 1. The van der Waals surface area contributed by atoms with Gasteiger partial charge in [0, 0.05) is 24.1 Å². The van der Waals surface area contributed by atoms with E-state index in [1.54, 1.807) is 19.2 Å². The second-order valence-corrected chi connectivity index (χ2v) is 5.12. The molecule has 0 radical (unpaired) electrons. The molecule has 0 atom stereocenters. The Morgan fingerprint density at radius 2 is 2.00 bits per heavy atom. The standard InChI is InChI=1S/C15H15F2NOS/c1-18-13-5-3-4-12(17)11(13)9-20-15-8-10(16)6-7-14(15)19-2/h3-8,18H,9H2,1-2H3. The number of methoxy groups -OCH3 is 1. The maximum atomic E-state index is 13.8. The molecule has 0 spiro atoms. The summed E-state index contributed by atoms with van der Waals surface area (Å²) in [7, 11) is 3.27. The normalized spacial score (nSPS) is 10.4. The number of rotatable bonds is 5. The van der Waals surface area contributed by atoms with E-state index in [-0.39, 0.29) is 11.6 Å². The molecule has 106 valence electrons. The lowest BCUT2D eigenvalue weighted by Crippen LogP contribution is -1.97. The van der Waals surface area contributed by atoms with Gasteiger partial charge in [-0.25, -0.2) is 8.78 Å². The summed E-state index contributed by atoms with van der Waals surface area (Å²) in [5.74, 6) is 0.358. The van der Waals surface area contributed by atoms with Crippen molar-refractivity contribution in [1.82, 2.24) is 0 Å². The quantitative estimate of drug-likeness (QED) is 0.831. The first-order valence-corrected chi connectivity index (χ1v) is 7.05. The van der Waals surface area contributed by atoms with E-state index in [9.17, 15) is 8.78 Å². The van der Waals surface area contributed by atoms with Crippen LogP contribution in [-0.4, -0.2) is 14.2 Å². The Kier molecular flexibility index (Phi) is 4.84. The van der Waals surface area contributed by atoms with Crippen molar-refractivity contribution in [3.8, 4) is 5.75 Å². The molecular weight excluding hydrogens is 280 g/mol. The van der Waals surface area contributed by atoms with E-state index < -0.39 is 0 Å². The van der Waals surface area contributed by atoms with Gasteiger partial charge in [0.25, 0.3) is 0 Å². The van der Waals surface area contributed by atoms with E-state index >= 15 is 0 Å². The Bertz CT molecular complexity index is 604. The largest absolute Gasteiger partial charge is 0.496 e. The minimum absolute atomic E-state index is 0.278. The molecule has 5 heteroatoms. The van der Waals surface area contributed by atoms with Crippen LogP contribution in [-0.2, 0) is 5.75 Å². The lowest BCUT2D eigenvalue weighted by molar-refractivity contribution is 0.403. The third-order valence-electron chi connectivity index (χ3n) is 2.89. The average molecular weight is 295 g/mol. The van der Waals surface area contributed by atoms with Crippen LogP contribution in [0.3, 0.4) is 0 Å². The number of hydrogen-bond donors (Lipinski definition) is 1. The topological polar surface area (TPSA) is 21.3 Å². The molecule has 2 rings (SSSR count). The molecule has 0 bridgehead atoms. The molecule has 0 amide bonds. The van der Waals surface area contributed by atoms with Crippen LogP contribution in [0, 0.1) is 11.6 Å². The first-order chi connectivity index (χ1) is 9.65. The number of benzene rings is 2. The fourth-order valence-corrected chi connectivity index (χ4v) is 2.94. The molecule has 0 aliphatic heterocycles. The molecule has 0 aromatic heterocycles. The number of nitrogens with one attached hydrogen (secondary N) is 1. The minimum atomic E-state index is -0.337. The van der Waals surface area contributed by atoms with Crippen molar-refractivity contribution in [2.75, 3.05) is 19.5 Å². The number of thioether (sulfide) groups is 1.